The van der Waals surface area contributed by atoms with Crippen LogP contribution in [0.2, 0.25) is 0 Å². The Bertz CT molecular complexity index is 603. The Morgan fingerprint density at radius 3 is 2.78 bits per heavy atom. The van der Waals surface area contributed by atoms with E-state index in [-0.39, 0.29) is 5.82 Å². The molecule has 0 unspecified atom stereocenters. The summed E-state index contributed by atoms with van der Waals surface area (Å²) in [6.07, 6.45) is 2.36. The first-order valence-corrected chi connectivity index (χ1v) is 6.53. The average molecular weight is 244 g/mol. The van der Waals surface area contributed by atoms with Gasteiger partial charge in [0.15, 0.2) is 0 Å². The summed E-state index contributed by atoms with van der Waals surface area (Å²) in [5, 5.41) is 4.21. The third-order valence-corrected chi connectivity index (χ3v) is 3.39. The minimum absolute atomic E-state index is 0.216. The number of aromatic nitrogens is 1. The molecule has 1 N–H and O–H groups in total. The molecule has 0 bridgehead atoms. The van der Waals surface area contributed by atoms with Crippen LogP contribution in [0.3, 0.4) is 0 Å². The van der Waals surface area contributed by atoms with E-state index in [1.807, 2.05) is 13.0 Å². The maximum atomic E-state index is 14.0. The summed E-state index contributed by atoms with van der Waals surface area (Å²) in [6, 6.07) is 5.64. The molecule has 1 saturated carbocycles. The minimum Gasteiger partial charge on any atom is -0.385 e. The number of nitrogens with zero attached hydrogens (tertiary/aromatic N) is 1. The second-order valence-electron chi connectivity index (χ2n) is 5.04. The molecule has 0 atom stereocenters. The van der Waals surface area contributed by atoms with E-state index in [2.05, 4.69) is 23.3 Å². The van der Waals surface area contributed by atoms with E-state index in [1.165, 1.54) is 12.8 Å². The smallest absolute Gasteiger partial charge is 0.149 e. The number of hydrogen-bond donors (Lipinski definition) is 1. The predicted molar refractivity (Wildman–Crippen MR) is 72.6 cm³/mol. The van der Waals surface area contributed by atoms with E-state index < -0.39 is 0 Å². The van der Waals surface area contributed by atoms with Crippen LogP contribution in [0.5, 0.6) is 0 Å². The monoisotopic (exact) mass is 244 g/mol. The van der Waals surface area contributed by atoms with Crippen LogP contribution in [-0.2, 0) is 0 Å². The fraction of sp³-hybridized carbons (Fsp3) is 0.400. The number of pyridine rings is 1. The molecule has 1 aliphatic carbocycles. The van der Waals surface area contributed by atoms with E-state index in [0.717, 1.165) is 28.9 Å². The third kappa shape index (κ3) is 1.94. The van der Waals surface area contributed by atoms with Gasteiger partial charge in [-0.1, -0.05) is 0 Å². The SMILES string of the molecule is CCNc1cc(C2CC2)nc2c(F)cc(C)cc12. The molecule has 3 rings (SSSR count). The van der Waals surface area contributed by atoms with Crippen LogP contribution >= 0.6 is 0 Å². The van der Waals surface area contributed by atoms with Gasteiger partial charge in [0, 0.05) is 29.2 Å². The number of aryl methyl sites for hydroxylation is 1. The molecule has 0 amide bonds. The lowest BCUT2D eigenvalue weighted by Gasteiger charge is -2.11. The maximum Gasteiger partial charge on any atom is 0.149 e. The van der Waals surface area contributed by atoms with Gasteiger partial charge in [-0.2, -0.15) is 0 Å². The number of fused-ring (bicyclic) bond motifs is 1. The number of benzene rings is 1. The van der Waals surface area contributed by atoms with Crippen LogP contribution in [0.4, 0.5) is 10.1 Å². The van der Waals surface area contributed by atoms with Gasteiger partial charge in [0.05, 0.1) is 0 Å². The molecule has 0 aliphatic heterocycles. The number of nitrogens with one attached hydrogen (secondary N) is 1. The van der Waals surface area contributed by atoms with Gasteiger partial charge in [0.1, 0.15) is 11.3 Å². The minimum atomic E-state index is -0.216. The van der Waals surface area contributed by atoms with Crippen LogP contribution in [0.25, 0.3) is 10.9 Å². The number of rotatable bonds is 3. The van der Waals surface area contributed by atoms with E-state index in [0.29, 0.717) is 11.4 Å². The number of anilines is 1. The molecule has 2 nitrogen and oxygen atoms in total. The molecule has 1 fully saturated rings. The molecule has 18 heavy (non-hydrogen) atoms. The Hall–Kier alpha value is -1.64. The van der Waals surface area contributed by atoms with Crippen molar-refractivity contribution in [3.05, 3.63) is 35.3 Å². The van der Waals surface area contributed by atoms with Gasteiger partial charge in [-0.25, -0.2) is 9.37 Å². The Morgan fingerprint density at radius 1 is 1.33 bits per heavy atom. The fourth-order valence-corrected chi connectivity index (χ4v) is 2.37. The summed E-state index contributed by atoms with van der Waals surface area (Å²) in [4.78, 5) is 4.51. The lowest BCUT2D eigenvalue weighted by atomic mass is 10.1. The van der Waals surface area contributed by atoms with Crippen LogP contribution in [0, 0.1) is 12.7 Å². The van der Waals surface area contributed by atoms with Gasteiger partial charge in [0.2, 0.25) is 0 Å². The molecule has 0 radical (unpaired) electrons. The van der Waals surface area contributed by atoms with Crippen molar-refractivity contribution in [2.24, 2.45) is 0 Å². The molecule has 1 aliphatic rings. The molecule has 0 saturated heterocycles. The summed E-state index contributed by atoms with van der Waals surface area (Å²) >= 11 is 0. The van der Waals surface area contributed by atoms with Crippen molar-refractivity contribution in [2.75, 3.05) is 11.9 Å². The first kappa shape index (κ1) is 11.5. The van der Waals surface area contributed by atoms with E-state index >= 15 is 0 Å². The normalized spacial score (nSPS) is 15.1. The zero-order valence-electron chi connectivity index (χ0n) is 10.8. The van der Waals surface area contributed by atoms with E-state index in [1.54, 1.807) is 6.07 Å². The summed E-state index contributed by atoms with van der Waals surface area (Å²) in [5.41, 5.74) is 3.47. The van der Waals surface area contributed by atoms with E-state index in [9.17, 15) is 4.39 Å². The first-order chi connectivity index (χ1) is 8.69. The quantitative estimate of drug-likeness (QED) is 0.883. The second-order valence-corrected chi connectivity index (χ2v) is 5.04. The molecule has 2 aromatic rings. The van der Waals surface area contributed by atoms with Gasteiger partial charge in [0.25, 0.3) is 0 Å². The molecule has 0 spiro atoms. The number of halogens is 1. The predicted octanol–water partition coefficient (Wildman–Crippen LogP) is 3.99. The Labute approximate surface area is 106 Å². The highest BCUT2D eigenvalue weighted by atomic mass is 19.1. The fourth-order valence-electron chi connectivity index (χ4n) is 2.37. The summed E-state index contributed by atoms with van der Waals surface area (Å²) in [5.74, 6) is 0.319. The Morgan fingerprint density at radius 2 is 2.11 bits per heavy atom. The lowest BCUT2D eigenvalue weighted by molar-refractivity contribution is 0.635. The van der Waals surface area contributed by atoms with Crippen molar-refractivity contribution in [1.29, 1.82) is 0 Å². The van der Waals surface area contributed by atoms with Gasteiger partial charge in [-0.3, -0.25) is 0 Å². The van der Waals surface area contributed by atoms with Crippen molar-refractivity contribution >= 4 is 16.6 Å². The van der Waals surface area contributed by atoms with Crippen LogP contribution in [-0.4, -0.2) is 11.5 Å². The molecular formula is C15H17FN2. The molecule has 1 aromatic heterocycles. The molecule has 1 aromatic carbocycles. The van der Waals surface area contributed by atoms with Crippen molar-refractivity contribution in [3.63, 3.8) is 0 Å². The Kier molecular flexibility index (Phi) is 2.69. The number of hydrogen-bond acceptors (Lipinski definition) is 2. The molecule has 3 heteroatoms. The van der Waals surface area contributed by atoms with Gasteiger partial charge in [-0.05, 0) is 50.5 Å². The first-order valence-electron chi connectivity index (χ1n) is 6.53. The topological polar surface area (TPSA) is 24.9 Å². The zero-order valence-corrected chi connectivity index (χ0v) is 10.8. The van der Waals surface area contributed by atoms with Crippen LogP contribution in [0.15, 0.2) is 18.2 Å². The highest BCUT2D eigenvalue weighted by Crippen LogP contribution is 2.41. The van der Waals surface area contributed by atoms with Gasteiger partial charge < -0.3 is 5.32 Å². The van der Waals surface area contributed by atoms with Crippen molar-refractivity contribution in [2.45, 2.75) is 32.6 Å². The highest BCUT2D eigenvalue weighted by molar-refractivity contribution is 5.92. The Balaban J connectivity index is 2.26. The standard InChI is InChI=1S/C15H17FN2/c1-3-17-14-8-13(10-4-5-10)18-15-11(14)6-9(2)7-12(15)16/h6-8,10H,3-5H2,1-2H3,(H,17,18). The molecular weight excluding hydrogens is 227 g/mol. The van der Waals surface area contributed by atoms with Crippen molar-refractivity contribution in [1.82, 2.24) is 4.98 Å². The molecule has 1 heterocycles. The van der Waals surface area contributed by atoms with Crippen molar-refractivity contribution in [3.8, 4) is 0 Å². The van der Waals surface area contributed by atoms with E-state index in [4.69, 9.17) is 0 Å². The summed E-state index contributed by atoms with van der Waals surface area (Å²) in [7, 11) is 0. The van der Waals surface area contributed by atoms with Gasteiger partial charge in [-0.15, -0.1) is 0 Å². The van der Waals surface area contributed by atoms with Crippen LogP contribution in [0.1, 0.15) is 36.9 Å². The largest absolute Gasteiger partial charge is 0.385 e. The second kappa shape index (κ2) is 4.23. The highest BCUT2D eigenvalue weighted by Gasteiger charge is 2.26. The summed E-state index contributed by atoms with van der Waals surface area (Å²) < 4.78 is 14.0. The summed E-state index contributed by atoms with van der Waals surface area (Å²) in [6.45, 7) is 4.79. The lowest BCUT2D eigenvalue weighted by Crippen LogP contribution is -2.01. The van der Waals surface area contributed by atoms with Crippen molar-refractivity contribution < 1.29 is 4.39 Å². The van der Waals surface area contributed by atoms with Gasteiger partial charge >= 0.3 is 0 Å². The maximum absolute atomic E-state index is 14.0. The van der Waals surface area contributed by atoms with Crippen LogP contribution < -0.4 is 5.32 Å². The average Bonchev–Trinajstić information content (AvgIpc) is 3.14. The molecule has 94 valence electrons. The third-order valence-electron chi connectivity index (χ3n) is 3.39. The zero-order chi connectivity index (χ0) is 12.7.